The Kier molecular flexibility index (Phi) is 7.61. The van der Waals surface area contributed by atoms with Crippen molar-refractivity contribution in [1.82, 2.24) is 10.0 Å². The number of hydrazine groups is 1. The van der Waals surface area contributed by atoms with Crippen molar-refractivity contribution < 1.29 is 14.0 Å². The first-order valence-electron chi connectivity index (χ1n) is 7.33. The van der Waals surface area contributed by atoms with Crippen LogP contribution in [-0.2, 0) is 16.1 Å². The van der Waals surface area contributed by atoms with Gasteiger partial charge in [0.25, 0.3) is 0 Å². The Morgan fingerprint density at radius 1 is 1.33 bits per heavy atom. The van der Waals surface area contributed by atoms with Gasteiger partial charge in [0, 0.05) is 13.0 Å². The Hall–Kier alpha value is -1.75. The zero-order valence-corrected chi connectivity index (χ0v) is 12.7. The van der Waals surface area contributed by atoms with Gasteiger partial charge in [-0.15, -0.1) is 0 Å². The molecule has 0 atom stereocenters. The van der Waals surface area contributed by atoms with Crippen molar-refractivity contribution in [2.75, 3.05) is 13.1 Å². The van der Waals surface area contributed by atoms with Gasteiger partial charge in [0.05, 0.1) is 13.1 Å². The highest BCUT2D eigenvalue weighted by Crippen LogP contribution is 2.10. The standard InChI is InChI=1S/C16H23FN2O2/c1-3-5-9-18(12-16(21)4-2)19(13-20)11-14-7-6-8-15(17)10-14/h6-8,10,13H,3-5,9,11-12H2,1-2H3. The number of carbonyl (C=O) groups is 2. The molecular weight excluding hydrogens is 271 g/mol. The molecule has 0 saturated carbocycles. The number of halogens is 1. The summed E-state index contributed by atoms with van der Waals surface area (Å²) in [5, 5.41) is 3.20. The predicted octanol–water partition coefficient (Wildman–Crippen LogP) is 2.78. The molecule has 0 fully saturated rings. The molecule has 0 heterocycles. The topological polar surface area (TPSA) is 40.6 Å². The molecule has 0 aliphatic rings. The lowest BCUT2D eigenvalue weighted by Crippen LogP contribution is -2.44. The molecule has 0 spiro atoms. The normalized spacial score (nSPS) is 10.7. The van der Waals surface area contributed by atoms with Crippen LogP contribution in [0.25, 0.3) is 0 Å². The number of Topliss-reactive ketones (excluding diaryl/α,β-unsaturated/α-hetero) is 1. The van der Waals surface area contributed by atoms with E-state index in [2.05, 4.69) is 6.92 Å². The van der Waals surface area contributed by atoms with Gasteiger partial charge in [0.15, 0.2) is 0 Å². The van der Waals surface area contributed by atoms with Gasteiger partial charge < -0.3 is 0 Å². The summed E-state index contributed by atoms with van der Waals surface area (Å²) in [5.74, 6) is -0.250. The van der Waals surface area contributed by atoms with E-state index in [-0.39, 0.29) is 24.7 Å². The van der Waals surface area contributed by atoms with E-state index in [1.165, 1.54) is 17.1 Å². The van der Waals surface area contributed by atoms with Crippen molar-refractivity contribution in [2.24, 2.45) is 0 Å². The zero-order valence-electron chi connectivity index (χ0n) is 12.7. The molecule has 116 valence electrons. The second kappa shape index (κ2) is 9.23. The fourth-order valence-corrected chi connectivity index (χ4v) is 1.98. The second-order valence-corrected chi connectivity index (χ2v) is 4.97. The molecule has 1 rings (SSSR count). The number of rotatable bonds is 10. The summed E-state index contributed by atoms with van der Waals surface area (Å²) < 4.78 is 13.2. The summed E-state index contributed by atoms with van der Waals surface area (Å²) >= 11 is 0. The Labute approximate surface area is 125 Å². The molecule has 1 aromatic carbocycles. The first-order valence-corrected chi connectivity index (χ1v) is 7.33. The van der Waals surface area contributed by atoms with Crippen molar-refractivity contribution in [3.63, 3.8) is 0 Å². The van der Waals surface area contributed by atoms with E-state index in [1.54, 1.807) is 24.1 Å². The number of hydrogen-bond acceptors (Lipinski definition) is 3. The minimum absolute atomic E-state index is 0.0807. The Morgan fingerprint density at radius 3 is 2.67 bits per heavy atom. The third-order valence-corrected chi connectivity index (χ3v) is 3.24. The van der Waals surface area contributed by atoms with E-state index in [0.29, 0.717) is 24.9 Å². The van der Waals surface area contributed by atoms with Gasteiger partial charge in [0.2, 0.25) is 6.41 Å². The lowest BCUT2D eigenvalue weighted by Gasteiger charge is -2.31. The van der Waals surface area contributed by atoms with Crippen LogP contribution in [0, 0.1) is 5.82 Å². The third-order valence-electron chi connectivity index (χ3n) is 3.24. The maximum atomic E-state index is 13.2. The van der Waals surface area contributed by atoms with Crippen LogP contribution in [0.1, 0.15) is 38.7 Å². The van der Waals surface area contributed by atoms with Gasteiger partial charge in [-0.2, -0.15) is 0 Å². The first-order chi connectivity index (χ1) is 10.1. The smallest absolute Gasteiger partial charge is 0.224 e. The molecule has 0 N–H and O–H groups in total. The number of unbranched alkanes of at least 4 members (excludes halogenated alkanes) is 1. The van der Waals surface area contributed by atoms with Gasteiger partial charge in [-0.3, -0.25) is 14.6 Å². The van der Waals surface area contributed by atoms with Crippen LogP contribution in [-0.4, -0.2) is 35.3 Å². The van der Waals surface area contributed by atoms with Crippen molar-refractivity contribution in [2.45, 2.75) is 39.7 Å². The molecule has 5 heteroatoms. The molecule has 0 saturated heterocycles. The van der Waals surface area contributed by atoms with Gasteiger partial charge in [-0.05, 0) is 24.1 Å². The van der Waals surface area contributed by atoms with Crippen LogP contribution < -0.4 is 0 Å². The van der Waals surface area contributed by atoms with Crippen molar-refractivity contribution in [1.29, 1.82) is 0 Å². The van der Waals surface area contributed by atoms with Crippen LogP contribution in [0.5, 0.6) is 0 Å². The number of hydrogen-bond donors (Lipinski definition) is 0. The molecule has 1 amide bonds. The molecule has 0 aliphatic heterocycles. The minimum Gasteiger partial charge on any atom is -0.298 e. The zero-order chi connectivity index (χ0) is 15.7. The fraction of sp³-hybridized carbons (Fsp3) is 0.500. The summed E-state index contributed by atoms with van der Waals surface area (Å²) in [6, 6.07) is 6.14. The largest absolute Gasteiger partial charge is 0.298 e. The fourth-order valence-electron chi connectivity index (χ4n) is 1.98. The van der Waals surface area contributed by atoms with Crippen LogP contribution in [0.15, 0.2) is 24.3 Å². The highest BCUT2D eigenvalue weighted by atomic mass is 19.1. The average molecular weight is 294 g/mol. The molecule has 0 aromatic heterocycles. The van der Waals surface area contributed by atoms with E-state index in [1.807, 2.05) is 0 Å². The summed E-state index contributed by atoms with van der Waals surface area (Å²) in [4.78, 5) is 23.0. The van der Waals surface area contributed by atoms with Crippen LogP contribution in [0.3, 0.4) is 0 Å². The average Bonchev–Trinajstić information content (AvgIpc) is 2.49. The van der Waals surface area contributed by atoms with Crippen molar-refractivity contribution in [3.05, 3.63) is 35.6 Å². The Morgan fingerprint density at radius 2 is 2.10 bits per heavy atom. The maximum absolute atomic E-state index is 13.2. The van der Waals surface area contributed by atoms with E-state index in [4.69, 9.17) is 0 Å². The van der Waals surface area contributed by atoms with Gasteiger partial charge >= 0.3 is 0 Å². The minimum atomic E-state index is -0.330. The van der Waals surface area contributed by atoms with Crippen LogP contribution in [0.2, 0.25) is 0 Å². The van der Waals surface area contributed by atoms with Gasteiger partial charge in [-0.25, -0.2) is 9.40 Å². The monoisotopic (exact) mass is 294 g/mol. The molecule has 4 nitrogen and oxygen atoms in total. The molecule has 0 bridgehead atoms. The lowest BCUT2D eigenvalue weighted by atomic mass is 10.2. The molecule has 0 aliphatic carbocycles. The highest BCUT2D eigenvalue weighted by molar-refractivity contribution is 5.80. The van der Waals surface area contributed by atoms with Crippen LogP contribution >= 0.6 is 0 Å². The maximum Gasteiger partial charge on any atom is 0.224 e. The SMILES string of the molecule is CCCCN(CC(=O)CC)N(C=O)Cc1cccc(F)c1. The molecule has 0 radical (unpaired) electrons. The number of ketones is 1. The Bertz CT molecular complexity index is 465. The quantitative estimate of drug-likeness (QED) is 0.492. The molecular formula is C16H23FN2O2. The van der Waals surface area contributed by atoms with Crippen molar-refractivity contribution >= 4 is 12.2 Å². The first kappa shape index (κ1) is 17.3. The number of carbonyl (C=O) groups excluding carboxylic acids is 2. The number of amides is 1. The summed E-state index contributed by atoms with van der Waals surface area (Å²) in [6.45, 7) is 4.97. The Balaban J connectivity index is 2.79. The number of benzene rings is 1. The van der Waals surface area contributed by atoms with E-state index >= 15 is 0 Å². The third kappa shape index (κ3) is 6.04. The summed E-state index contributed by atoms with van der Waals surface area (Å²) in [7, 11) is 0. The van der Waals surface area contributed by atoms with E-state index < -0.39 is 0 Å². The van der Waals surface area contributed by atoms with E-state index in [9.17, 15) is 14.0 Å². The van der Waals surface area contributed by atoms with E-state index in [0.717, 1.165) is 12.8 Å². The van der Waals surface area contributed by atoms with Crippen molar-refractivity contribution in [3.8, 4) is 0 Å². The predicted molar refractivity (Wildman–Crippen MR) is 79.8 cm³/mol. The number of nitrogens with zero attached hydrogens (tertiary/aromatic N) is 2. The molecule has 0 unspecified atom stereocenters. The molecule has 21 heavy (non-hydrogen) atoms. The van der Waals surface area contributed by atoms with Gasteiger partial charge in [-0.1, -0.05) is 32.4 Å². The second-order valence-electron chi connectivity index (χ2n) is 4.97. The summed E-state index contributed by atoms with van der Waals surface area (Å²) in [5.41, 5.74) is 0.701. The molecule has 1 aromatic rings. The highest BCUT2D eigenvalue weighted by Gasteiger charge is 2.16. The summed E-state index contributed by atoms with van der Waals surface area (Å²) in [6.07, 6.45) is 3.01. The van der Waals surface area contributed by atoms with Crippen LogP contribution in [0.4, 0.5) is 4.39 Å². The van der Waals surface area contributed by atoms with Gasteiger partial charge in [0.1, 0.15) is 11.6 Å². The lowest BCUT2D eigenvalue weighted by molar-refractivity contribution is -0.140.